The summed E-state index contributed by atoms with van der Waals surface area (Å²) in [5.74, 6) is 1.10. The Morgan fingerprint density at radius 1 is 1.40 bits per heavy atom. The highest BCUT2D eigenvalue weighted by Gasteiger charge is 2.36. The molecule has 1 N–H and O–H groups in total. The van der Waals surface area contributed by atoms with E-state index in [1.807, 2.05) is 0 Å². The summed E-state index contributed by atoms with van der Waals surface area (Å²) in [6.45, 7) is 5.32. The molecule has 1 atom stereocenters. The maximum absolute atomic E-state index is 11.5. The van der Waals surface area contributed by atoms with Crippen LogP contribution in [0.2, 0.25) is 0 Å². The molecular weight excluding hydrogens is 190 g/mol. The van der Waals surface area contributed by atoms with Gasteiger partial charge in [0.1, 0.15) is 6.04 Å². The highest BCUT2D eigenvalue weighted by atomic mass is 16.5. The summed E-state index contributed by atoms with van der Waals surface area (Å²) in [4.78, 5) is 11.5. The SMILES string of the molecule is CCC(CC)CNC(C(=O)OC)C1CC1. The molecule has 0 aliphatic heterocycles. The summed E-state index contributed by atoms with van der Waals surface area (Å²) in [6, 6.07) is -0.0596. The summed E-state index contributed by atoms with van der Waals surface area (Å²) in [5.41, 5.74) is 0. The molecule has 15 heavy (non-hydrogen) atoms. The van der Waals surface area contributed by atoms with Gasteiger partial charge >= 0.3 is 5.97 Å². The minimum Gasteiger partial charge on any atom is -0.468 e. The van der Waals surface area contributed by atoms with Crippen molar-refractivity contribution in [3.8, 4) is 0 Å². The topological polar surface area (TPSA) is 38.3 Å². The highest BCUT2D eigenvalue weighted by molar-refractivity contribution is 5.76. The van der Waals surface area contributed by atoms with Gasteiger partial charge in [-0.2, -0.15) is 0 Å². The van der Waals surface area contributed by atoms with Gasteiger partial charge in [-0.25, -0.2) is 0 Å². The van der Waals surface area contributed by atoms with Gasteiger partial charge in [-0.1, -0.05) is 26.7 Å². The van der Waals surface area contributed by atoms with E-state index in [0.717, 1.165) is 19.4 Å². The lowest BCUT2D eigenvalue weighted by molar-refractivity contribution is -0.143. The predicted molar refractivity (Wildman–Crippen MR) is 60.6 cm³/mol. The first-order valence-corrected chi connectivity index (χ1v) is 6.04. The van der Waals surface area contributed by atoms with E-state index < -0.39 is 0 Å². The second kappa shape index (κ2) is 6.11. The Balaban J connectivity index is 2.34. The van der Waals surface area contributed by atoms with Crippen molar-refractivity contribution in [2.45, 2.75) is 45.6 Å². The average molecular weight is 213 g/mol. The number of esters is 1. The molecule has 1 aliphatic rings. The summed E-state index contributed by atoms with van der Waals surface area (Å²) in [5, 5.41) is 3.36. The van der Waals surface area contributed by atoms with E-state index >= 15 is 0 Å². The molecule has 1 unspecified atom stereocenters. The van der Waals surface area contributed by atoms with E-state index in [0.29, 0.717) is 11.8 Å². The molecule has 0 radical (unpaired) electrons. The van der Waals surface area contributed by atoms with Crippen LogP contribution in [0.1, 0.15) is 39.5 Å². The van der Waals surface area contributed by atoms with Crippen LogP contribution in [-0.4, -0.2) is 25.7 Å². The second-order valence-corrected chi connectivity index (χ2v) is 4.43. The minimum atomic E-state index is -0.0940. The average Bonchev–Trinajstić information content (AvgIpc) is 3.07. The lowest BCUT2D eigenvalue weighted by Gasteiger charge is -2.19. The fraction of sp³-hybridized carbons (Fsp3) is 0.917. The van der Waals surface area contributed by atoms with Gasteiger partial charge in [0.2, 0.25) is 0 Å². The van der Waals surface area contributed by atoms with E-state index in [9.17, 15) is 4.79 Å². The maximum Gasteiger partial charge on any atom is 0.323 e. The van der Waals surface area contributed by atoms with E-state index in [2.05, 4.69) is 19.2 Å². The van der Waals surface area contributed by atoms with Crippen LogP contribution in [0, 0.1) is 11.8 Å². The molecular formula is C12H23NO2. The monoisotopic (exact) mass is 213 g/mol. The molecule has 3 heteroatoms. The van der Waals surface area contributed by atoms with E-state index in [1.54, 1.807) is 0 Å². The quantitative estimate of drug-likeness (QED) is 0.657. The molecule has 1 aliphatic carbocycles. The van der Waals surface area contributed by atoms with Gasteiger partial charge in [-0.15, -0.1) is 0 Å². The third-order valence-electron chi connectivity index (χ3n) is 3.33. The lowest BCUT2D eigenvalue weighted by Crippen LogP contribution is -2.41. The first-order chi connectivity index (χ1) is 7.22. The van der Waals surface area contributed by atoms with Crippen molar-refractivity contribution in [3.63, 3.8) is 0 Å². The molecule has 1 saturated carbocycles. The van der Waals surface area contributed by atoms with Crippen LogP contribution in [0.3, 0.4) is 0 Å². The smallest absolute Gasteiger partial charge is 0.323 e. The molecule has 0 aromatic heterocycles. The molecule has 3 nitrogen and oxygen atoms in total. The zero-order chi connectivity index (χ0) is 11.3. The van der Waals surface area contributed by atoms with Crippen molar-refractivity contribution in [1.29, 1.82) is 0 Å². The number of carbonyl (C=O) groups excluding carboxylic acids is 1. The van der Waals surface area contributed by atoms with Gasteiger partial charge in [0.05, 0.1) is 7.11 Å². The molecule has 0 saturated heterocycles. The van der Waals surface area contributed by atoms with Gasteiger partial charge < -0.3 is 10.1 Å². The number of rotatable bonds is 7. The maximum atomic E-state index is 11.5. The Morgan fingerprint density at radius 2 is 2.00 bits per heavy atom. The first-order valence-electron chi connectivity index (χ1n) is 6.04. The molecule has 0 bridgehead atoms. The van der Waals surface area contributed by atoms with Gasteiger partial charge in [0.15, 0.2) is 0 Å². The highest BCUT2D eigenvalue weighted by Crippen LogP contribution is 2.33. The van der Waals surface area contributed by atoms with Crippen molar-refractivity contribution in [3.05, 3.63) is 0 Å². The second-order valence-electron chi connectivity index (χ2n) is 4.43. The standard InChI is InChI=1S/C12H23NO2/c1-4-9(5-2)8-13-11(10-6-7-10)12(14)15-3/h9-11,13H,4-8H2,1-3H3. The fourth-order valence-electron chi connectivity index (χ4n) is 1.87. The van der Waals surface area contributed by atoms with Gasteiger partial charge in [0, 0.05) is 0 Å². The number of methoxy groups -OCH3 is 1. The Labute approximate surface area is 92.6 Å². The Morgan fingerprint density at radius 3 is 2.40 bits per heavy atom. The third-order valence-corrected chi connectivity index (χ3v) is 3.33. The van der Waals surface area contributed by atoms with Crippen molar-refractivity contribution in [2.24, 2.45) is 11.8 Å². The minimum absolute atomic E-state index is 0.0596. The van der Waals surface area contributed by atoms with Gasteiger partial charge in [0.25, 0.3) is 0 Å². The van der Waals surface area contributed by atoms with E-state index in [1.165, 1.54) is 20.0 Å². The summed E-state index contributed by atoms with van der Waals surface area (Å²) in [6.07, 6.45) is 4.66. The molecule has 0 spiro atoms. The molecule has 88 valence electrons. The van der Waals surface area contributed by atoms with Crippen LogP contribution in [-0.2, 0) is 9.53 Å². The number of hydrogen-bond donors (Lipinski definition) is 1. The fourth-order valence-corrected chi connectivity index (χ4v) is 1.87. The van der Waals surface area contributed by atoms with E-state index in [4.69, 9.17) is 4.74 Å². The zero-order valence-electron chi connectivity index (χ0n) is 10.1. The van der Waals surface area contributed by atoms with Crippen LogP contribution < -0.4 is 5.32 Å². The van der Waals surface area contributed by atoms with Crippen molar-refractivity contribution in [2.75, 3.05) is 13.7 Å². The predicted octanol–water partition coefficient (Wildman–Crippen LogP) is 1.96. The summed E-state index contributed by atoms with van der Waals surface area (Å²) in [7, 11) is 1.47. The van der Waals surface area contributed by atoms with Crippen LogP contribution in [0.25, 0.3) is 0 Å². The van der Waals surface area contributed by atoms with Crippen LogP contribution in [0.15, 0.2) is 0 Å². The van der Waals surface area contributed by atoms with Crippen LogP contribution in [0.4, 0.5) is 0 Å². The summed E-state index contributed by atoms with van der Waals surface area (Å²) < 4.78 is 4.81. The molecule has 1 fully saturated rings. The number of hydrogen-bond acceptors (Lipinski definition) is 3. The Kier molecular flexibility index (Phi) is 5.09. The zero-order valence-corrected chi connectivity index (χ0v) is 10.1. The molecule has 0 amide bonds. The first kappa shape index (κ1) is 12.5. The number of nitrogens with one attached hydrogen (secondary N) is 1. The van der Waals surface area contributed by atoms with Crippen LogP contribution in [0.5, 0.6) is 0 Å². The summed E-state index contributed by atoms with van der Waals surface area (Å²) >= 11 is 0. The largest absolute Gasteiger partial charge is 0.468 e. The normalized spacial score (nSPS) is 17.9. The van der Waals surface area contributed by atoms with E-state index in [-0.39, 0.29) is 12.0 Å². The Bertz CT molecular complexity index is 198. The molecule has 0 heterocycles. The van der Waals surface area contributed by atoms with Crippen molar-refractivity contribution in [1.82, 2.24) is 5.32 Å². The lowest BCUT2D eigenvalue weighted by atomic mass is 10.0. The molecule has 1 rings (SSSR count). The Hall–Kier alpha value is -0.570. The number of carbonyl (C=O) groups is 1. The van der Waals surface area contributed by atoms with Crippen molar-refractivity contribution < 1.29 is 9.53 Å². The molecule has 0 aromatic rings. The van der Waals surface area contributed by atoms with Gasteiger partial charge in [-0.05, 0) is 31.2 Å². The molecule has 0 aromatic carbocycles. The van der Waals surface area contributed by atoms with Crippen LogP contribution >= 0.6 is 0 Å². The van der Waals surface area contributed by atoms with Gasteiger partial charge in [-0.3, -0.25) is 4.79 Å². The van der Waals surface area contributed by atoms with Crippen molar-refractivity contribution >= 4 is 5.97 Å². The third kappa shape index (κ3) is 3.82. The number of ether oxygens (including phenoxy) is 1.